The number of sulfonamides is 1. The Morgan fingerprint density at radius 3 is 2.16 bits per heavy atom. The summed E-state index contributed by atoms with van der Waals surface area (Å²) >= 11 is 0. The number of amides is 5. The van der Waals surface area contributed by atoms with Crippen LogP contribution < -0.4 is 16.0 Å². The maximum Gasteiger partial charge on any atom is 0.315 e. The largest absolute Gasteiger partial charge is 0.344 e. The number of likely N-dealkylation sites (N-methyl/N-ethyl adjacent to an activating group) is 2. The number of carbonyl (C=O) groups excluding carboxylic acids is 4. The Kier molecular flexibility index (Phi) is 12.9. The highest BCUT2D eigenvalue weighted by molar-refractivity contribution is 7.88. The van der Waals surface area contributed by atoms with Gasteiger partial charge in [-0.3, -0.25) is 19.4 Å². The summed E-state index contributed by atoms with van der Waals surface area (Å²) in [6.07, 6.45) is -0.693. The highest BCUT2D eigenvalue weighted by Gasteiger charge is 2.70. The second kappa shape index (κ2) is 15.7. The third-order valence-electron chi connectivity index (χ3n) is 10.3. The second-order valence-corrected chi connectivity index (χ2v) is 18.9. The Morgan fingerprint density at radius 2 is 1.65 bits per heavy atom. The maximum absolute atomic E-state index is 14.4. The van der Waals surface area contributed by atoms with E-state index in [2.05, 4.69) is 20.9 Å². The number of pyridine rings is 1. The summed E-state index contributed by atoms with van der Waals surface area (Å²) in [4.78, 5) is 62.2. The van der Waals surface area contributed by atoms with Crippen LogP contribution in [0.2, 0.25) is 0 Å². The number of nitrogens with one attached hydrogen (secondary N) is 3. The van der Waals surface area contributed by atoms with Gasteiger partial charge in [0, 0.05) is 64.5 Å². The molecular weight excluding hydrogens is 684 g/mol. The smallest absolute Gasteiger partial charge is 0.315 e. The molecule has 1 aromatic heterocycles. The van der Waals surface area contributed by atoms with Gasteiger partial charge in [-0.2, -0.15) is 0 Å². The summed E-state index contributed by atoms with van der Waals surface area (Å²) in [5, 5.41) is 8.18. The molecule has 6 atom stereocenters. The molecule has 0 spiro atoms. The maximum atomic E-state index is 14.4. The van der Waals surface area contributed by atoms with Crippen LogP contribution in [0.5, 0.6) is 0 Å². The van der Waals surface area contributed by atoms with Gasteiger partial charge >= 0.3 is 6.03 Å². The molecule has 5 amide bonds. The van der Waals surface area contributed by atoms with E-state index in [0.717, 1.165) is 16.3 Å². The van der Waals surface area contributed by atoms with Crippen LogP contribution in [0.15, 0.2) is 24.4 Å². The van der Waals surface area contributed by atoms with Crippen molar-refractivity contribution in [3.05, 3.63) is 30.1 Å². The van der Waals surface area contributed by atoms with Crippen LogP contribution in [0.4, 0.5) is 13.6 Å². The normalized spacial score (nSPS) is 21.8. The SMILES string of the molecule is CN(CCc1ccccn1)C(=O)[C@H](CC(F)F)NC(=O)[C@@H]1[C@@H]2[C@H](CN1C(=O)[C@@H](NC(=O)N[C@H](CN(C)S(C)(=O)=O)C(C)(C)C)C(C)(C)C)C2(C)C. The molecule has 1 saturated heterocycles. The Hall–Kier alpha value is -3.40. The second-order valence-electron chi connectivity index (χ2n) is 16.8. The first kappa shape index (κ1) is 42.0. The summed E-state index contributed by atoms with van der Waals surface area (Å²) in [5.41, 5.74) is -0.974. The Balaban J connectivity index is 1.82. The number of fused-ring (bicyclic) bond motifs is 1. The molecule has 2 fully saturated rings. The number of urea groups is 1. The van der Waals surface area contributed by atoms with Gasteiger partial charge in [0.25, 0.3) is 0 Å². The number of hydrogen-bond acceptors (Lipinski definition) is 7. The van der Waals surface area contributed by atoms with E-state index >= 15 is 0 Å². The molecule has 0 unspecified atom stereocenters. The molecule has 0 bridgehead atoms. The zero-order chi connectivity index (χ0) is 38.9. The van der Waals surface area contributed by atoms with Crippen LogP contribution >= 0.6 is 0 Å². The quantitative estimate of drug-likeness (QED) is 0.264. The van der Waals surface area contributed by atoms with Crippen LogP contribution in [0, 0.1) is 28.1 Å². The van der Waals surface area contributed by atoms with E-state index in [0.29, 0.717) is 6.42 Å². The first-order valence-electron chi connectivity index (χ1n) is 17.3. The number of piperidine rings is 1. The Morgan fingerprint density at radius 1 is 1.02 bits per heavy atom. The fraction of sp³-hybridized carbons (Fsp3) is 0.743. The fourth-order valence-electron chi connectivity index (χ4n) is 6.75. The van der Waals surface area contributed by atoms with E-state index in [1.807, 2.05) is 34.6 Å². The van der Waals surface area contributed by atoms with Gasteiger partial charge in [0.2, 0.25) is 34.2 Å². The topological polar surface area (TPSA) is 161 Å². The van der Waals surface area contributed by atoms with Crippen LogP contribution in [0.25, 0.3) is 0 Å². The third-order valence-corrected chi connectivity index (χ3v) is 11.6. The first-order chi connectivity index (χ1) is 23.3. The van der Waals surface area contributed by atoms with Crippen molar-refractivity contribution in [1.29, 1.82) is 0 Å². The molecule has 2 heterocycles. The first-order valence-corrected chi connectivity index (χ1v) is 19.1. The van der Waals surface area contributed by atoms with Crippen molar-refractivity contribution in [3.8, 4) is 0 Å². The average molecular weight is 742 g/mol. The van der Waals surface area contributed by atoms with Crippen molar-refractivity contribution in [2.24, 2.45) is 28.1 Å². The number of nitrogens with zero attached hydrogens (tertiary/aromatic N) is 4. The predicted octanol–water partition coefficient (Wildman–Crippen LogP) is 2.73. The van der Waals surface area contributed by atoms with Gasteiger partial charge in [-0.25, -0.2) is 26.3 Å². The molecule has 3 N–H and O–H groups in total. The molecule has 1 aromatic rings. The van der Waals surface area contributed by atoms with Crippen LogP contribution in [-0.2, 0) is 30.8 Å². The number of halogens is 2. The summed E-state index contributed by atoms with van der Waals surface area (Å²) < 4.78 is 52.9. The van der Waals surface area contributed by atoms with Crippen molar-refractivity contribution in [2.45, 2.75) is 98.8 Å². The highest BCUT2D eigenvalue weighted by Crippen LogP contribution is 2.65. The number of hydrogen-bond donors (Lipinski definition) is 3. The number of carbonyl (C=O) groups is 4. The van der Waals surface area contributed by atoms with E-state index in [1.165, 1.54) is 23.9 Å². The lowest BCUT2D eigenvalue weighted by Gasteiger charge is -2.39. The van der Waals surface area contributed by atoms with Gasteiger partial charge in [-0.05, 0) is 40.2 Å². The highest BCUT2D eigenvalue weighted by atomic mass is 32.2. The number of alkyl halides is 2. The summed E-state index contributed by atoms with van der Waals surface area (Å²) in [7, 11) is -0.637. The summed E-state index contributed by atoms with van der Waals surface area (Å²) in [6, 6.07) is 0.357. The van der Waals surface area contributed by atoms with Gasteiger partial charge in [-0.1, -0.05) is 61.5 Å². The van der Waals surface area contributed by atoms with Crippen molar-refractivity contribution in [3.63, 3.8) is 0 Å². The minimum Gasteiger partial charge on any atom is -0.344 e. The predicted molar refractivity (Wildman–Crippen MR) is 190 cm³/mol. The molecule has 1 saturated carbocycles. The number of aromatic nitrogens is 1. The minimum atomic E-state index is -3.54. The lowest BCUT2D eigenvalue weighted by atomic mass is 9.85. The van der Waals surface area contributed by atoms with Gasteiger partial charge in [0.1, 0.15) is 18.1 Å². The van der Waals surface area contributed by atoms with Crippen LogP contribution in [-0.4, -0.2) is 122 Å². The molecule has 0 radical (unpaired) electrons. The molecule has 13 nitrogen and oxygen atoms in total. The third kappa shape index (κ3) is 10.6. The van der Waals surface area contributed by atoms with Gasteiger partial charge in [0.05, 0.1) is 6.26 Å². The van der Waals surface area contributed by atoms with E-state index in [1.54, 1.807) is 45.2 Å². The summed E-state index contributed by atoms with van der Waals surface area (Å²) in [6.45, 7) is 15.2. The lowest BCUT2D eigenvalue weighted by Crippen LogP contribution is -2.62. The molecule has 16 heteroatoms. The van der Waals surface area contributed by atoms with Gasteiger partial charge < -0.3 is 25.8 Å². The zero-order valence-corrected chi connectivity index (χ0v) is 32.6. The summed E-state index contributed by atoms with van der Waals surface area (Å²) in [5.74, 6) is -2.23. The Bertz CT molecular complexity index is 1530. The molecule has 51 heavy (non-hydrogen) atoms. The van der Waals surface area contributed by atoms with Crippen molar-refractivity contribution in [2.75, 3.05) is 40.0 Å². The molecule has 2 aliphatic rings. The van der Waals surface area contributed by atoms with Crippen LogP contribution in [0.1, 0.15) is 67.5 Å². The number of rotatable bonds is 14. The zero-order valence-electron chi connectivity index (χ0n) is 31.8. The molecule has 1 aliphatic heterocycles. The van der Waals surface area contributed by atoms with Crippen molar-refractivity contribution in [1.82, 2.24) is 35.0 Å². The van der Waals surface area contributed by atoms with E-state index in [4.69, 9.17) is 0 Å². The Labute approximate surface area is 301 Å². The van der Waals surface area contributed by atoms with Crippen LogP contribution in [0.3, 0.4) is 0 Å². The average Bonchev–Trinajstić information content (AvgIpc) is 3.31. The van der Waals surface area contributed by atoms with E-state index in [9.17, 15) is 36.4 Å². The molecule has 1 aliphatic carbocycles. The van der Waals surface area contributed by atoms with E-state index < -0.39 is 81.6 Å². The fourth-order valence-corrected chi connectivity index (χ4v) is 7.17. The monoisotopic (exact) mass is 741 g/mol. The van der Waals surface area contributed by atoms with Crippen molar-refractivity contribution < 1.29 is 36.4 Å². The van der Waals surface area contributed by atoms with E-state index in [-0.39, 0.29) is 36.9 Å². The van der Waals surface area contributed by atoms with Gasteiger partial charge in [0.15, 0.2) is 0 Å². The number of likely N-dealkylation sites (tertiary alicyclic amines) is 1. The molecule has 0 aromatic carbocycles. The molecular formula is C35H57F2N7O6S. The minimum absolute atomic E-state index is 0.00641. The molecule has 3 rings (SSSR count). The lowest BCUT2D eigenvalue weighted by molar-refractivity contribution is -0.145. The van der Waals surface area contributed by atoms with Crippen molar-refractivity contribution >= 4 is 33.8 Å². The standard InChI is InChI=1S/C35H57F2N7O6S/c1-33(2,3)24(20-43(10)51(11,49)50)40-32(48)41-28(34(4,5)6)31(47)44-19-22-26(35(22,7)8)27(44)29(45)39-23(18-25(36)37)30(46)42(9)17-15-21-14-12-13-16-38-21/h12-14,16,22-28H,15,17-20H2,1-11H3,(H,39,45)(H2,40,41,48)/t22-,23-,24+,26-,27-,28+/m0/s1. The molecule has 288 valence electrons. The van der Waals surface area contributed by atoms with Gasteiger partial charge in [-0.15, -0.1) is 0 Å².